The molecule has 0 spiro atoms. The van der Waals surface area contributed by atoms with Crippen molar-refractivity contribution in [2.45, 2.75) is 136 Å². The number of hydrogen-bond donors (Lipinski definition) is 1. The molecule has 0 fully saturated rings. The molecular formula is C32H54O3. The van der Waals surface area contributed by atoms with Crippen LogP contribution in [0, 0.1) is 5.92 Å². The molecule has 3 heteroatoms. The fourth-order valence-electron chi connectivity index (χ4n) is 4.41. The highest BCUT2D eigenvalue weighted by Crippen LogP contribution is 2.31. The van der Waals surface area contributed by atoms with E-state index in [0.717, 1.165) is 24.0 Å². The molecule has 0 saturated carbocycles. The van der Waals surface area contributed by atoms with Crippen LogP contribution in [0.25, 0.3) is 0 Å². The third-order valence-electron chi connectivity index (χ3n) is 6.71. The summed E-state index contributed by atoms with van der Waals surface area (Å²) in [4.78, 5) is 12.4. The molecule has 1 N–H and O–H groups in total. The zero-order chi connectivity index (χ0) is 25.9. The van der Waals surface area contributed by atoms with Crippen molar-refractivity contribution in [1.82, 2.24) is 0 Å². The van der Waals surface area contributed by atoms with Crippen LogP contribution in [-0.4, -0.2) is 17.7 Å². The Balaban J connectivity index is 2.04. The zero-order valence-corrected chi connectivity index (χ0v) is 23.5. The van der Waals surface area contributed by atoms with Gasteiger partial charge in [-0.25, -0.2) is 0 Å². The number of unbranched alkanes of at least 4 members (excludes halogenated alkanes) is 12. The molecule has 0 radical (unpaired) electrons. The first kappa shape index (κ1) is 31.3. The summed E-state index contributed by atoms with van der Waals surface area (Å²) < 4.78 is 5.52. The lowest BCUT2D eigenvalue weighted by atomic mass is 9.84. The maximum Gasteiger partial charge on any atom is 0.308 e. The minimum Gasteiger partial charge on any atom is -0.508 e. The summed E-state index contributed by atoms with van der Waals surface area (Å²) in [6.45, 7) is 11.0. The van der Waals surface area contributed by atoms with Crippen LogP contribution in [0.4, 0.5) is 0 Å². The molecular weight excluding hydrogens is 432 g/mol. The number of hydrogen-bond acceptors (Lipinski definition) is 3. The fraction of sp³-hybridized carbons (Fsp3) is 0.719. The SMILES string of the molecule is CCCCCCCCC=CCCCCCCCCOC(=O)C(C)Cc1ccc(O)c(C(C)(C)C)c1. The lowest BCUT2D eigenvalue weighted by Gasteiger charge is -2.21. The van der Waals surface area contributed by atoms with Crippen molar-refractivity contribution >= 4 is 5.97 Å². The highest BCUT2D eigenvalue weighted by molar-refractivity contribution is 5.72. The molecule has 0 amide bonds. The van der Waals surface area contributed by atoms with E-state index >= 15 is 0 Å². The standard InChI is InChI=1S/C32H54O3/c1-6-7-8-9-10-11-12-13-14-15-16-17-18-19-20-21-24-35-31(34)27(2)25-28-22-23-30(33)29(26-28)32(3,4)5/h13-14,22-23,26-27,33H,6-12,15-21,24-25H2,1-5H3. The second kappa shape index (κ2) is 18.5. The van der Waals surface area contributed by atoms with E-state index < -0.39 is 0 Å². The van der Waals surface area contributed by atoms with Crippen LogP contribution >= 0.6 is 0 Å². The zero-order valence-electron chi connectivity index (χ0n) is 23.5. The van der Waals surface area contributed by atoms with Crippen LogP contribution < -0.4 is 0 Å². The molecule has 1 aromatic carbocycles. The largest absolute Gasteiger partial charge is 0.508 e. The Hall–Kier alpha value is -1.77. The van der Waals surface area contributed by atoms with Crippen LogP contribution in [0.5, 0.6) is 5.75 Å². The van der Waals surface area contributed by atoms with Gasteiger partial charge in [0.1, 0.15) is 5.75 Å². The number of ether oxygens (including phenoxy) is 1. The van der Waals surface area contributed by atoms with Gasteiger partial charge in [-0.15, -0.1) is 0 Å². The molecule has 0 aromatic heterocycles. The van der Waals surface area contributed by atoms with Gasteiger partial charge < -0.3 is 9.84 Å². The second-order valence-electron chi connectivity index (χ2n) is 11.3. The van der Waals surface area contributed by atoms with Gasteiger partial charge in [-0.1, -0.05) is 117 Å². The number of esters is 1. The monoisotopic (exact) mass is 486 g/mol. The van der Waals surface area contributed by atoms with Crippen molar-refractivity contribution in [3.05, 3.63) is 41.5 Å². The summed E-state index contributed by atoms with van der Waals surface area (Å²) in [6, 6.07) is 5.66. The number of aromatic hydroxyl groups is 1. The van der Waals surface area contributed by atoms with Crippen LogP contribution in [0.3, 0.4) is 0 Å². The lowest BCUT2D eigenvalue weighted by molar-refractivity contribution is -0.148. The van der Waals surface area contributed by atoms with Gasteiger partial charge >= 0.3 is 5.97 Å². The molecule has 200 valence electrons. The number of carbonyl (C=O) groups is 1. The predicted octanol–water partition coefficient (Wildman–Crippen LogP) is 9.45. The summed E-state index contributed by atoms with van der Waals surface area (Å²) in [7, 11) is 0. The Morgan fingerprint density at radius 1 is 0.886 bits per heavy atom. The smallest absolute Gasteiger partial charge is 0.308 e. The quantitative estimate of drug-likeness (QED) is 0.120. The molecule has 1 aromatic rings. The molecule has 0 aliphatic heterocycles. The topological polar surface area (TPSA) is 46.5 Å². The molecule has 0 heterocycles. The lowest BCUT2D eigenvalue weighted by Crippen LogP contribution is -2.18. The molecule has 1 atom stereocenters. The van der Waals surface area contributed by atoms with E-state index in [-0.39, 0.29) is 17.3 Å². The van der Waals surface area contributed by atoms with Gasteiger partial charge in [0.25, 0.3) is 0 Å². The van der Waals surface area contributed by atoms with Crippen molar-refractivity contribution in [3.63, 3.8) is 0 Å². The highest BCUT2D eigenvalue weighted by atomic mass is 16.5. The Morgan fingerprint density at radius 2 is 1.43 bits per heavy atom. The number of rotatable bonds is 19. The average molecular weight is 487 g/mol. The third-order valence-corrected chi connectivity index (χ3v) is 6.71. The molecule has 0 aliphatic carbocycles. The minimum atomic E-state index is -0.179. The molecule has 0 saturated heterocycles. The van der Waals surface area contributed by atoms with Crippen molar-refractivity contribution in [2.75, 3.05) is 6.61 Å². The van der Waals surface area contributed by atoms with E-state index in [1.807, 2.05) is 19.1 Å². The second-order valence-corrected chi connectivity index (χ2v) is 11.3. The summed E-state index contributed by atoms with van der Waals surface area (Å²) in [5.41, 5.74) is 1.85. The average Bonchev–Trinajstić information content (AvgIpc) is 2.81. The molecule has 0 aliphatic rings. The first-order valence-corrected chi connectivity index (χ1v) is 14.4. The Morgan fingerprint density at radius 3 is 2.00 bits per heavy atom. The van der Waals surface area contributed by atoms with Crippen LogP contribution in [-0.2, 0) is 21.4 Å². The van der Waals surface area contributed by atoms with E-state index in [9.17, 15) is 9.90 Å². The van der Waals surface area contributed by atoms with Gasteiger partial charge in [0.05, 0.1) is 12.5 Å². The van der Waals surface area contributed by atoms with Gasteiger partial charge in [0.15, 0.2) is 0 Å². The van der Waals surface area contributed by atoms with E-state index in [4.69, 9.17) is 4.74 Å². The number of allylic oxidation sites excluding steroid dienone is 2. The predicted molar refractivity (Wildman–Crippen MR) is 150 cm³/mol. The van der Waals surface area contributed by atoms with Crippen molar-refractivity contribution in [3.8, 4) is 5.75 Å². The van der Waals surface area contributed by atoms with E-state index in [1.54, 1.807) is 6.07 Å². The molecule has 1 unspecified atom stereocenters. The van der Waals surface area contributed by atoms with Crippen molar-refractivity contribution in [2.24, 2.45) is 5.92 Å². The number of phenolic OH excluding ortho intramolecular Hbond substituents is 1. The number of carbonyl (C=O) groups excluding carboxylic acids is 1. The first-order chi connectivity index (χ1) is 16.8. The number of phenols is 1. The summed E-state index contributed by atoms with van der Waals surface area (Å²) in [5, 5.41) is 10.1. The Bertz CT molecular complexity index is 714. The van der Waals surface area contributed by atoms with Crippen molar-refractivity contribution in [1.29, 1.82) is 0 Å². The van der Waals surface area contributed by atoms with Gasteiger partial charge in [-0.2, -0.15) is 0 Å². The fourth-order valence-corrected chi connectivity index (χ4v) is 4.41. The van der Waals surface area contributed by atoms with Gasteiger partial charge in [-0.05, 0) is 61.1 Å². The normalized spacial score (nSPS) is 12.8. The number of benzene rings is 1. The van der Waals surface area contributed by atoms with Gasteiger partial charge in [0, 0.05) is 0 Å². The van der Waals surface area contributed by atoms with Crippen LogP contribution in [0.2, 0.25) is 0 Å². The van der Waals surface area contributed by atoms with Gasteiger partial charge in [0.2, 0.25) is 0 Å². The van der Waals surface area contributed by atoms with E-state index in [2.05, 4.69) is 39.8 Å². The van der Waals surface area contributed by atoms with E-state index in [1.165, 1.54) is 77.0 Å². The summed E-state index contributed by atoms with van der Waals surface area (Å²) in [5.74, 6) is 0.0149. The molecule has 1 rings (SSSR count). The third kappa shape index (κ3) is 15.1. The van der Waals surface area contributed by atoms with Crippen molar-refractivity contribution < 1.29 is 14.6 Å². The van der Waals surface area contributed by atoms with Crippen LogP contribution in [0.15, 0.2) is 30.4 Å². The maximum absolute atomic E-state index is 12.4. The Labute approximate surface area is 216 Å². The highest BCUT2D eigenvalue weighted by Gasteiger charge is 2.20. The molecule has 3 nitrogen and oxygen atoms in total. The minimum absolute atomic E-state index is 0.122. The van der Waals surface area contributed by atoms with Crippen LogP contribution in [0.1, 0.15) is 136 Å². The summed E-state index contributed by atoms with van der Waals surface area (Å²) >= 11 is 0. The Kier molecular flexibility index (Phi) is 16.5. The summed E-state index contributed by atoms with van der Waals surface area (Å²) in [6.07, 6.45) is 23.2. The van der Waals surface area contributed by atoms with E-state index in [0.29, 0.717) is 18.8 Å². The molecule has 35 heavy (non-hydrogen) atoms. The molecule has 0 bridgehead atoms. The van der Waals surface area contributed by atoms with Gasteiger partial charge in [-0.3, -0.25) is 4.79 Å². The maximum atomic E-state index is 12.4. The first-order valence-electron chi connectivity index (χ1n) is 14.4.